The Morgan fingerprint density at radius 2 is 1.95 bits per heavy atom. The molecule has 2 atom stereocenters. The van der Waals surface area contributed by atoms with Gasteiger partial charge >= 0.3 is 0 Å². The van der Waals surface area contributed by atoms with Crippen LogP contribution in [0.25, 0.3) is 0 Å². The number of aryl methyl sites for hydroxylation is 1. The smallest absolute Gasteiger partial charge is 0.228 e. The summed E-state index contributed by atoms with van der Waals surface area (Å²) in [6.07, 6.45) is 2.10. The molecule has 1 heterocycles. The van der Waals surface area contributed by atoms with Crippen molar-refractivity contribution in [2.75, 3.05) is 31.1 Å². The Morgan fingerprint density at radius 3 is 2.59 bits per heavy atom. The fraction of sp³-hybridized carbons (Fsp3) is 0.588. The molecule has 1 aliphatic carbocycles. The third-order valence-corrected chi connectivity index (χ3v) is 5.13. The SMILES string of the molecule is Cc1ccc(Cl)cc1N1CCN(C(=O)C2CCCC2O)CC1. The average molecular weight is 323 g/mol. The van der Waals surface area contributed by atoms with Crippen LogP contribution in [0.5, 0.6) is 0 Å². The molecule has 1 aromatic carbocycles. The Morgan fingerprint density at radius 1 is 1.23 bits per heavy atom. The van der Waals surface area contributed by atoms with E-state index in [1.807, 2.05) is 23.1 Å². The van der Waals surface area contributed by atoms with Gasteiger partial charge in [0.15, 0.2) is 0 Å². The highest BCUT2D eigenvalue weighted by Crippen LogP contribution is 2.29. The molecule has 2 fully saturated rings. The number of piperazine rings is 1. The highest BCUT2D eigenvalue weighted by molar-refractivity contribution is 6.30. The van der Waals surface area contributed by atoms with Crippen LogP contribution in [-0.2, 0) is 4.79 Å². The van der Waals surface area contributed by atoms with E-state index in [0.717, 1.165) is 43.1 Å². The molecule has 2 unspecified atom stereocenters. The van der Waals surface area contributed by atoms with Crippen molar-refractivity contribution in [3.05, 3.63) is 28.8 Å². The Balaban J connectivity index is 1.62. The van der Waals surface area contributed by atoms with Crippen LogP contribution in [-0.4, -0.2) is 48.2 Å². The van der Waals surface area contributed by atoms with Gasteiger partial charge in [-0.1, -0.05) is 17.7 Å². The molecule has 1 saturated carbocycles. The van der Waals surface area contributed by atoms with Crippen LogP contribution >= 0.6 is 11.6 Å². The number of rotatable bonds is 2. The van der Waals surface area contributed by atoms with Crippen LogP contribution in [0.1, 0.15) is 24.8 Å². The molecule has 1 aromatic rings. The van der Waals surface area contributed by atoms with Gasteiger partial charge in [0.2, 0.25) is 5.91 Å². The molecule has 120 valence electrons. The van der Waals surface area contributed by atoms with Gasteiger partial charge in [0.25, 0.3) is 0 Å². The summed E-state index contributed by atoms with van der Waals surface area (Å²) in [7, 11) is 0. The molecule has 0 bridgehead atoms. The van der Waals surface area contributed by atoms with E-state index in [2.05, 4.69) is 11.8 Å². The predicted molar refractivity (Wildman–Crippen MR) is 88.3 cm³/mol. The molecule has 0 radical (unpaired) electrons. The summed E-state index contributed by atoms with van der Waals surface area (Å²) >= 11 is 6.10. The van der Waals surface area contributed by atoms with Gasteiger partial charge in [0, 0.05) is 36.9 Å². The lowest BCUT2D eigenvalue weighted by atomic mass is 10.0. The number of benzene rings is 1. The highest BCUT2D eigenvalue weighted by Gasteiger charge is 2.35. The first-order valence-corrected chi connectivity index (χ1v) is 8.42. The maximum absolute atomic E-state index is 12.5. The second-order valence-electron chi connectivity index (χ2n) is 6.35. The maximum Gasteiger partial charge on any atom is 0.228 e. The molecule has 5 heteroatoms. The van der Waals surface area contributed by atoms with Crippen molar-refractivity contribution >= 4 is 23.2 Å². The molecule has 1 N–H and O–H groups in total. The molecule has 1 aliphatic heterocycles. The summed E-state index contributed by atoms with van der Waals surface area (Å²) in [6.45, 7) is 5.14. The van der Waals surface area contributed by atoms with Gasteiger partial charge in [0.05, 0.1) is 12.0 Å². The molecule has 2 aliphatic rings. The number of anilines is 1. The number of carbonyl (C=O) groups excluding carboxylic acids is 1. The third-order valence-electron chi connectivity index (χ3n) is 4.90. The van der Waals surface area contributed by atoms with Crippen molar-refractivity contribution in [1.29, 1.82) is 0 Å². The van der Waals surface area contributed by atoms with E-state index in [1.54, 1.807) is 0 Å². The molecule has 1 saturated heterocycles. The molecule has 4 nitrogen and oxygen atoms in total. The number of halogens is 1. The van der Waals surface area contributed by atoms with E-state index in [0.29, 0.717) is 13.1 Å². The van der Waals surface area contributed by atoms with Crippen LogP contribution in [0, 0.1) is 12.8 Å². The predicted octanol–water partition coefficient (Wildman–Crippen LogP) is 2.46. The maximum atomic E-state index is 12.5. The average Bonchev–Trinajstić information content (AvgIpc) is 2.95. The van der Waals surface area contributed by atoms with Gasteiger partial charge in [-0.25, -0.2) is 0 Å². The standard InChI is InChI=1S/C17H23ClN2O2/c1-12-5-6-13(18)11-15(12)19-7-9-20(10-8-19)17(22)14-3-2-4-16(14)21/h5-6,11,14,16,21H,2-4,7-10H2,1H3. The van der Waals surface area contributed by atoms with Crippen LogP contribution in [0.4, 0.5) is 5.69 Å². The lowest BCUT2D eigenvalue weighted by Gasteiger charge is -2.38. The lowest BCUT2D eigenvalue weighted by Crippen LogP contribution is -2.51. The lowest BCUT2D eigenvalue weighted by molar-refractivity contribution is -0.138. The van der Waals surface area contributed by atoms with Crippen LogP contribution < -0.4 is 4.90 Å². The van der Waals surface area contributed by atoms with Gasteiger partial charge in [-0.2, -0.15) is 0 Å². The summed E-state index contributed by atoms with van der Waals surface area (Å²) in [5.74, 6) is -0.0491. The van der Waals surface area contributed by atoms with Crippen molar-refractivity contribution in [3.8, 4) is 0 Å². The van der Waals surface area contributed by atoms with E-state index in [4.69, 9.17) is 11.6 Å². The quantitative estimate of drug-likeness (QED) is 0.909. The Bertz CT molecular complexity index is 556. The Hall–Kier alpha value is -1.26. The number of aliphatic hydroxyl groups is 1. The number of amides is 1. The van der Waals surface area contributed by atoms with Crippen LogP contribution in [0.15, 0.2) is 18.2 Å². The summed E-state index contributed by atoms with van der Waals surface area (Å²) in [5.41, 5.74) is 2.36. The van der Waals surface area contributed by atoms with E-state index in [1.165, 1.54) is 5.56 Å². The highest BCUT2D eigenvalue weighted by atomic mass is 35.5. The molecule has 0 spiro atoms. The fourth-order valence-electron chi connectivity index (χ4n) is 3.55. The Kier molecular flexibility index (Phi) is 4.59. The zero-order chi connectivity index (χ0) is 15.7. The largest absolute Gasteiger partial charge is 0.392 e. The molecule has 0 aromatic heterocycles. The van der Waals surface area contributed by atoms with Crippen molar-refractivity contribution in [2.45, 2.75) is 32.3 Å². The fourth-order valence-corrected chi connectivity index (χ4v) is 3.72. The number of hydrogen-bond donors (Lipinski definition) is 1. The molecule has 22 heavy (non-hydrogen) atoms. The molecular formula is C17H23ClN2O2. The van der Waals surface area contributed by atoms with Crippen molar-refractivity contribution in [2.24, 2.45) is 5.92 Å². The summed E-state index contributed by atoms with van der Waals surface area (Å²) < 4.78 is 0. The first kappa shape index (κ1) is 15.6. The van der Waals surface area contributed by atoms with Gasteiger partial charge in [-0.15, -0.1) is 0 Å². The van der Waals surface area contributed by atoms with Crippen LogP contribution in [0.2, 0.25) is 5.02 Å². The zero-order valence-corrected chi connectivity index (χ0v) is 13.7. The second-order valence-corrected chi connectivity index (χ2v) is 6.78. The number of hydrogen-bond acceptors (Lipinski definition) is 3. The van der Waals surface area contributed by atoms with E-state index < -0.39 is 6.10 Å². The van der Waals surface area contributed by atoms with Gasteiger partial charge in [-0.05, 0) is 43.9 Å². The van der Waals surface area contributed by atoms with Gasteiger partial charge < -0.3 is 14.9 Å². The van der Waals surface area contributed by atoms with E-state index in [9.17, 15) is 9.90 Å². The first-order chi connectivity index (χ1) is 10.6. The van der Waals surface area contributed by atoms with E-state index in [-0.39, 0.29) is 11.8 Å². The molecular weight excluding hydrogens is 300 g/mol. The minimum absolute atomic E-state index is 0.132. The summed E-state index contributed by atoms with van der Waals surface area (Å²) in [4.78, 5) is 16.7. The van der Waals surface area contributed by atoms with E-state index >= 15 is 0 Å². The second kappa shape index (κ2) is 6.47. The normalized spacial score (nSPS) is 25.6. The molecule has 3 rings (SSSR count). The van der Waals surface area contributed by atoms with Gasteiger partial charge in [0.1, 0.15) is 0 Å². The minimum Gasteiger partial charge on any atom is -0.392 e. The summed E-state index contributed by atoms with van der Waals surface area (Å²) in [5, 5.41) is 10.7. The van der Waals surface area contributed by atoms with Crippen molar-refractivity contribution < 1.29 is 9.90 Å². The van der Waals surface area contributed by atoms with Gasteiger partial charge in [-0.3, -0.25) is 4.79 Å². The first-order valence-electron chi connectivity index (χ1n) is 8.04. The summed E-state index contributed by atoms with van der Waals surface area (Å²) in [6, 6.07) is 5.93. The monoisotopic (exact) mass is 322 g/mol. The number of carbonyl (C=O) groups is 1. The topological polar surface area (TPSA) is 43.8 Å². The Labute approximate surface area is 136 Å². The minimum atomic E-state index is -0.444. The van der Waals surface area contributed by atoms with Crippen LogP contribution in [0.3, 0.4) is 0 Å². The number of nitrogens with zero attached hydrogens (tertiary/aromatic N) is 2. The number of aliphatic hydroxyl groups excluding tert-OH is 1. The molecule has 1 amide bonds. The van der Waals surface area contributed by atoms with Crippen molar-refractivity contribution in [1.82, 2.24) is 4.90 Å². The van der Waals surface area contributed by atoms with Crippen molar-refractivity contribution in [3.63, 3.8) is 0 Å². The zero-order valence-electron chi connectivity index (χ0n) is 13.0. The third kappa shape index (κ3) is 3.08.